The number of benzene rings is 2. The van der Waals surface area contributed by atoms with Crippen molar-refractivity contribution in [2.75, 3.05) is 0 Å². The molecule has 2 heteroatoms. The molecule has 2 nitrogen and oxygen atoms in total. The van der Waals surface area contributed by atoms with Crippen LogP contribution in [-0.4, -0.2) is 11.4 Å². The molecule has 106 valence electrons. The summed E-state index contributed by atoms with van der Waals surface area (Å²) in [6.45, 7) is 6.58. The Morgan fingerprint density at radius 2 is 1.48 bits per heavy atom. The topological polar surface area (TPSA) is 24.7 Å². The van der Waals surface area contributed by atoms with Gasteiger partial charge < -0.3 is 0 Å². The molecule has 0 saturated heterocycles. The molecule has 1 aliphatic rings. The van der Waals surface area contributed by atoms with E-state index < -0.39 is 0 Å². The van der Waals surface area contributed by atoms with Crippen LogP contribution in [0.4, 0.5) is 0 Å². The van der Waals surface area contributed by atoms with Crippen molar-refractivity contribution in [3.05, 3.63) is 71.3 Å². The van der Waals surface area contributed by atoms with Gasteiger partial charge in [0.15, 0.2) is 0 Å². The minimum Gasteiger partial charge on any atom is -0.159 e. The Morgan fingerprint density at radius 3 is 2.19 bits per heavy atom. The van der Waals surface area contributed by atoms with Gasteiger partial charge in [-0.25, -0.2) is 0 Å². The molecule has 0 atom stereocenters. The average Bonchev–Trinajstić information content (AvgIpc) is 2.67. The van der Waals surface area contributed by atoms with Crippen molar-refractivity contribution in [1.82, 2.24) is 0 Å². The quantitative estimate of drug-likeness (QED) is 0.733. The van der Waals surface area contributed by atoms with Crippen molar-refractivity contribution in [2.24, 2.45) is 15.6 Å². The van der Waals surface area contributed by atoms with Crippen molar-refractivity contribution in [2.45, 2.75) is 27.2 Å². The summed E-state index contributed by atoms with van der Waals surface area (Å²) in [6.07, 6.45) is 0.861. The van der Waals surface area contributed by atoms with Gasteiger partial charge in [-0.1, -0.05) is 75.4 Å². The first-order valence-electron chi connectivity index (χ1n) is 7.34. The maximum absolute atomic E-state index is 4.59. The van der Waals surface area contributed by atoms with Crippen molar-refractivity contribution in [1.29, 1.82) is 0 Å². The molecule has 3 rings (SSSR count). The molecular formula is C19H20N2. The molecule has 0 fully saturated rings. The second kappa shape index (κ2) is 5.28. The van der Waals surface area contributed by atoms with E-state index >= 15 is 0 Å². The number of rotatable bonds is 1. The number of hydrogen-bond donors (Lipinski definition) is 0. The molecule has 1 aliphatic heterocycles. The highest BCUT2D eigenvalue weighted by molar-refractivity contribution is 6.15. The molecule has 0 aromatic heterocycles. The normalized spacial score (nSPS) is 14.8. The van der Waals surface area contributed by atoms with Gasteiger partial charge in [-0.05, 0) is 5.56 Å². The van der Waals surface area contributed by atoms with E-state index in [1.54, 1.807) is 0 Å². The van der Waals surface area contributed by atoms with Crippen LogP contribution in [-0.2, 0) is 6.42 Å². The molecule has 0 amide bonds. The van der Waals surface area contributed by atoms with Crippen molar-refractivity contribution < 1.29 is 0 Å². The fourth-order valence-corrected chi connectivity index (χ4v) is 2.51. The number of nitrogens with zero attached hydrogens (tertiary/aromatic N) is 2. The molecule has 0 spiro atoms. The summed E-state index contributed by atoms with van der Waals surface area (Å²) in [5.41, 5.74) is 5.72. The van der Waals surface area contributed by atoms with E-state index in [-0.39, 0.29) is 5.41 Å². The summed E-state index contributed by atoms with van der Waals surface area (Å²) in [5.74, 6) is 0. The summed E-state index contributed by atoms with van der Waals surface area (Å²) in [7, 11) is 0. The SMILES string of the molecule is CC(C)(C)C1=NN=C(c2ccccc2)c2ccccc2C1. The fourth-order valence-electron chi connectivity index (χ4n) is 2.51. The predicted octanol–water partition coefficient (Wildman–Crippen LogP) is 4.48. The van der Waals surface area contributed by atoms with Gasteiger partial charge in [-0.2, -0.15) is 5.10 Å². The summed E-state index contributed by atoms with van der Waals surface area (Å²) in [4.78, 5) is 0. The third kappa shape index (κ3) is 2.80. The van der Waals surface area contributed by atoms with Gasteiger partial charge in [-0.15, -0.1) is 5.10 Å². The molecule has 0 unspecified atom stereocenters. The van der Waals surface area contributed by atoms with Gasteiger partial charge in [0.2, 0.25) is 0 Å². The molecule has 0 radical (unpaired) electrons. The van der Waals surface area contributed by atoms with Crippen LogP contribution in [0.15, 0.2) is 64.8 Å². The second-order valence-electron chi connectivity index (χ2n) is 6.45. The van der Waals surface area contributed by atoms with Gasteiger partial charge in [0.25, 0.3) is 0 Å². The first kappa shape index (κ1) is 13.7. The zero-order valence-electron chi connectivity index (χ0n) is 12.8. The molecule has 2 aromatic rings. The fraction of sp³-hybridized carbons (Fsp3) is 0.263. The van der Waals surface area contributed by atoms with Crippen molar-refractivity contribution in [3.8, 4) is 0 Å². The lowest BCUT2D eigenvalue weighted by molar-refractivity contribution is 0.579. The van der Waals surface area contributed by atoms with Crippen LogP contribution in [0.1, 0.15) is 37.5 Å². The monoisotopic (exact) mass is 276 g/mol. The number of fused-ring (bicyclic) bond motifs is 1. The van der Waals surface area contributed by atoms with Gasteiger partial charge in [-0.3, -0.25) is 0 Å². The van der Waals surface area contributed by atoms with Gasteiger partial charge >= 0.3 is 0 Å². The zero-order chi connectivity index (χ0) is 14.9. The van der Waals surface area contributed by atoms with E-state index in [2.05, 4.69) is 67.4 Å². The van der Waals surface area contributed by atoms with E-state index in [4.69, 9.17) is 0 Å². The van der Waals surface area contributed by atoms with Gasteiger partial charge in [0, 0.05) is 23.0 Å². The molecule has 0 aliphatic carbocycles. The lowest BCUT2D eigenvalue weighted by atomic mass is 9.85. The molecular weight excluding hydrogens is 256 g/mol. The minimum atomic E-state index is 0.0305. The summed E-state index contributed by atoms with van der Waals surface area (Å²) in [6, 6.07) is 18.8. The van der Waals surface area contributed by atoms with E-state index in [9.17, 15) is 0 Å². The summed E-state index contributed by atoms with van der Waals surface area (Å²) in [5, 5.41) is 9.16. The first-order valence-corrected chi connectivity index (χ1v) is 7.34. The maximum atomic E-state index is 4.59. The number of hydrogen-bond acceptors (Lipinski definition) is 2. The van der Waals surface area contributed by atoms with Crippen molar-refractivity contribution in [3.63, 3.8) is 0 Å². The summed E-state index contributed by atoms with van der Waals surface area (Å²) < 4.78 is 0. The van der Waals surface area contributed by atoms with Crippen LogP contribution in [0, 0.1) is 5.41 Å². The van der Waals surface area contributed by atoms with Crippen LogP contribution in [0.3, 0.4) is 0 Å². The largest absolute Gasteiger partial charge is 0.159 e. The Bertz CT molecular complexity index is 704. The van der Waals surface area contributed by atoms with E-state index in [1.165, 1.54) is 11.1 Å². The Labute approximate surface area is 126 Å². The lowest BCUT2D eigenvalue weighted by Crippen LogP contribution is -2.22. The van der Waals surface area contributed by atoms with Crippen LogP contribution in [0.25, 0.3) is 0 Å². The van der Waals surface area contributed by atoms with Crippen LogP contribution < -0.4 is 0 Å². The molecule has 0 bridgehead atoms. The highest BCUT2D eigenvalue weighted by Crippen LogP contribution is 2.25. The van der Waals surface area contributed by atoms with Crippen LogP contribution >= 0.6 is 0 Å². The molecule has 1 heterocycles. The van der Waals surface area contributed by atoms with Crippen LogP contribution in [0.5, 0.6) is 0 Å². The second-order valence-corrected chi connectivity index (χ2v) is 6.45. The minimum absolute atomic E-state index is 0.0305. The highest BCUT2D eigenvalue weighted by Gasteiger charge is 2.24. The third-order valence-corrected chi connectivity index (χ3v) is 3.81. The van der Waals surface area contributed by atoms with Gasteiger partial charge in [0.1, 0.15) is 5.71 Å². The molecule has 2 aromatic carbocycles. The molecule has 0 saturated carbocycles. The third-order valence-electron chi connectivity index (χ3n) is 3.81. The smallest absolute Gasteiger partial charge is 0.100 e. The molecule has 21 heavy (non-hydrogen) atoms. The van der Waals surface area contributed by atoms with E-state index in [0.29, 0.717) is 0 Å². The Balaban J connectivity index is 2.18. The average molecular weight is 276 g/mol. The highest BCUT2D eigenvalue weighted by atomic mass is 15.2. The molecule has 0 N–H and O–H groups in total. The Morgan fingerprint density at radius 1 is 0.810 bits per heavy atom. The van der Waals surface area contributed by atoms with Crippen LogP contribution in [0.2, 0.25) is 0 Å². The maximum Gasteiger partial charge on any atom is 0.100 e. The van der Waals surface area contributed by atoms with E-state index in [1.807, 2.05) is 18.2 Å². The Kier molecular flexibility index (Phi) is 3.46. The van der Waals surface area contributed by atoms with Gasteiger partial charge in [0.05, 0.1) is 5.71 Å². The predicted molar refractivity (Wildman–Crippen MR) is 89.1 cm³/mol. The zero-order valence-corrected chi connectivity index (χ0v) is 12.8. The standard InChI is InChI=1S/C19H20N2/c1-19(2,3)17-13-15-11-7-8-12-16(15)18(21-20-17)14-9-5-4-6-10-14/h4-12H,13H2,1-3H3. The van der Waals surface area contributed by atoms with E-state index in [0.717, 1.165) is 23.4 Å². The first-order chi connectivity index (χ1) is 10.1. The summed E-state index contributed by atoms with van der Waals surface area (Å²) >= 11 is 0. The van der Waals surface area contributed by atoms with Crippen molar-refractivity contribution >= 4 is 11.4 Å². The lowest BCUT2D eigenvalue weighted by Gasteiger charge is -2.20. The Hall–Kier alpha value is -2.22.